The molecule has 0 amide bonds. The molecule has 0 unspecified atom stereocenters. The van der Waals surface area contributed by atoms with Crippen molar-refractivity contribution in [2.45, 2.75) is 12.8 Å². The average Bonchev–Trinajstić information content (AvgIpc) is 3.04. The Balaban J connectivity index is 1.20. The van der Waals surface area contributed by atoms with Gasteiger partial charge in [0.15, 0.2) is 0 Å². The van der Waals surface area contributed by atoms with Gasteiger partial charge in [-0.15, -0.1) is 0 Å². The lowest BCUT2D eigenvalue weighted by molar-refractivity contribution is -0.137. The van der Waals surface area contributed by atoms with Crippen LogP contribution >= 0.6 is 0 Å². The Bertz CT molecular complexity index is 1540. The lowest BCUT2D eigenvalue weighted by Gasteiger charge is -2.08. The molecule has 9 nitrogen and oxygen atoms in total. The predicted octanol–water partition coefficient (Wildman–Crippen LogP) is 6.82. The van der Waals surface area contributed by atoms with Gasteiger partial charge in [0.2, 0.25) is 0 Å². The number of ether oxygens (including phenoxy) is 5. The van der Waals surface area contributed by atoms with Crippen molar-refractivity contribution in [1.29, 1.82) is 0 Å². The highest BCUT2D eigenvalue weighted by Gasteiger charge is 2.13. The molecule has 4 aromatic carbocycles. The first kappa shape index (κ1) is 30.3. The molecule has 0 bridgehead atoms. The molecule has 0 N–H and O–H groups in total. The molecule has 0 saturated heterocycles. The van der Waals surface area contributed by atoms with Gasteiger partial charge in [0.05, 0.1) is 24.3 Å². The predicted molar refractivity (Wildman–Crippen MR) is 157 cm³/mol. The fourth-order valence-electron chi connectivity index (χ4n) is 3.71. The minimum Gasteiger partial charge on any atom is -0.463 e. The largest absolute Gasteiger partial charge is 0.513 e. The van der Waals surface area contributed by atoms with Gasteiger partial charge in [0.25, 0.3) is 0 Å². The highest BCUT2D eigenvalue weighted by atomic mass is 16.7. The van der Waals surface area contributed by atoms with Gasteiger partial charge >= 0.3 is 24.1 Å². The molecular weight excluding hydrogens is 552 g/mol. The van der Waals surface area contributed by atoms with E-state index in [9.17, 15) is 19.2 Å². The number of unbranched alkanes of at least 4 members (excludes halogenated alkanes) is 1. The minimum atomic E-state index is -0.900. The molecule has 0 atom stereocenters. The van der Waals surface area contributed by atoms with E-state index in [1.807, 2.05) is 42.5 Å². The summed E-state index contributed by atoms with van der Waals surface area (Å²) in [6.07, 6.45) is 1.17. The zero-order valence-electron chi connectivity index (χ0n) is 23.1. The number of hydrogen-bond acceptors (Lipinski definition) is 9. The zero-order chi connectivity index (χ0) is 30.4. The Kier molecular flexibility index (Phi) is 10.8. The summed E-state index contributed by atoms with van der Waals surface area (Å²) in [5.41, 5.74) is 2.66. The number of hydrogen-bond donors (Lipinski definition) is 0. The second-order valence-corrected chi connectivity index (χ2v) is 9.00. The van der Waals surface area contributed by atoms with E-state index >= 15 is 0 Å². The van der Waals surface area contributed by atoms with Crippen LogP contribution in [0.15, 0.2) is 116 Å². The van der Waals surface area contributed by atoms with Crippen LogP contribution in [0.2, 0.25) is 0 Å². The Labute approximate surface area is 248 Å². The highest BCUT2D eigenvalue weighted by Crippen LogP contribution is 2.23. The van der Waals surface area contributed by atoms with Crippen molar-refractivity contribution in [3.05, 3.63) is 127 Å². The van der Waals surface area contributed by atoms with E-state index in [1.165, 1.54) is 48.5 Å². The number of benzene rings is 4. The number of rotatable bonds is 12. The summed E-state index contributed by atoms with van der Waals surface area (Å²) in [5, 5.41) is 0. The molecule has 0 aliphatic rings. The molecule has 0 aliphatic carbocycles. The maximum absolute atomic E-state index is 12.6. The maximum atomic E-state index is 12.6. The van der Waals surface area contributed by atoms with E-state index in [4.69, 9.17) is 23.7 Å². The summed E-state index contributed by atoms with van der Waals surface area (Å²) in [4.78, 5) is 47.9. The van der Waals surface area contributed by atoms with Gasteiger partial charge in [0, 0.05) is 6.08 Å². The first-order valence-corrected chi connectivity index (χ1v) is 13.3. The lowest BCUT2D eigenvalue weighted by atomic mass is 10.0. The molecule has 218 valence electrons. The Morgan fingerprint density at radius 2 is 0.977 bits per heavy atom. The summed E-state index contributed by atoms with van der Waals surface area (Å²) in [6.45, 7) is 3.59. The summed E-state index contributed by atoms with van der Waals surface area (Å²) in [6, 6.07) is 28.8. The van der Waals surface area contributed by atoms with E-state index in [1.54, 1.807) is 12.1 Å². The fourth-order valence-corrected chi connectivity index (χ4v) is 3.71. The van der Waals surface area contributed by atoms with Crippen LogP contribution in [0, 0.1) is 0 Å². The van der Waals surface area contributed by atoms with E-state index in [-0.39, 0.29) is 30.3 Å². The molecule has 0 saturated carbocycles. The fraction of sp³-hybridized carbons (Fsp3) is 0.118. The van der Waals surface area contributed by atoms with Crippen LogP contribution < -0.4 is 14.2 Å². The van der Waals surface area contributed by atoms with Crippen LogP contribution in [-0.2, 0) is 14.3 Å². The molecule has 4 rings (SSSR count). The second kappa shape index (κ2) is 15.3. The molecule has 43 heavy (non-hydrogen) atoms. The van der Waals surface area contributed by atoms with Gasteiger partial charge in [0.1, 0.15) is 17.2 Å². The first-order chi connectivity index (χ1) is 20.9. The van der Waals surface area contributed by atoms with Gasteiger partial charge in [-0.2, -0.15) is 0 Å². The standard InChI is InChI=1S/C34H28O9/c1-2-31(35)39-22-6-7-23-40-34(38)43-30-16-14-27(15-17-30)33(37)42-29-20-18-28(19-21-29)41-32(36)26-12-10-25(11-13-26)24-8-4-3-5-9-24/h2-5,8-21H,1,6-7,22-23H2. The van der Waals surface area contributed by atoms with Crippen LogP contribution in [0.4, 0.5) is 4.79 Å². The molecule has 0 aliphatic heterocycles. The highest BCUT2D eigenvalue weighted by molar-refractivity contribution is 5.92. The number of carbonyl (C=O) groups excluding carboxylic acids is 4. The van der Waals surface area contributed by atoms with Crippen molar-refractivity contribution in [2.75, 3.05) is 13.2 Å². The minimum absolute atomic E-state index is 0.0920. The van der Waals surface area contributed by atoms with Crippen molar-refractivity contribution < 1.29 is 42.9 Å². The van der Waals surface area contributed by atoms with Crippen LogP contribution in [0.3, 0.4) is 0 Å². The smallest absolute Gasteiger partial charge is 0.463 e. The quantitative estimate of drug-likeness (QED) is 0.0585. The van der Waals surface area contributed by atoms with E-state index < -0.39 is 24.1 Å². The molecule has 0 spiro atoms. The normalized spacial score (nSPS) is 10.2. The summed E-state index contributed by atoms with van der Waals surface area (Å²) < 4.78 is 25.7. The van der Waals surface area contributed by atoms with Crippen LogP contribution in [0.1, 0.15) is 33.6 Å². The Hall–Kier alpha value is -5.70. The molecule has 0 radical (unpaired) electrons. The average molecular weight is 581 g/mol. The number of carbonyl (C=O) groups is 4. The van der Waals surface area contributed by atoms with Crippen LogP contribution in [-0.4, -0.2) is 37.3 Å². The van der Waals surface area contributed by atoms with Crippen LogP contribution in [0.25, 0.3) is 11.1 Å². The third-order valence-electron chi connectivity index (χ3n) is 5.93. The summed E-state index contributed by atoms with van der Waals surface area (Å²) in [5.74, 6) is -0.925. The van der Waals surface area contributed by atoms with Crippen molar-refractivity contribution >= 4 is 24.1 Å². The second-order valence-electron chi connectivity index (χ2n) is 9.00. The van der Waals surface area contributed by atoms with Crippen LogP contribution in [0.5, 0.6) is 17.2 Å². The van der Waals surface area contributed by atoms with Crippen molar-refractivity contribution in [1.82, 2.24) is 0 Å². The van der Waals surface area contributed by atoms with Gasteiger partial charge in [-0.25, -0.2) is 19.2 Å². The van der Waals surface area contributed by atoms with Gasteiger partial charge in [-0.1, -0.05) is 49.0 Å². The molecular formula is C34H28O9. The SMILES string of the molecule is C=CC(=O)OCCCCOC(=O)Oc1ccc(C(=O)Oc2ccc(OC(=O)c3ccc(-c4ccccc4)cc3)cc2)cc1. The van der Waals surface area contributed by atoms with Crippen molar-refractivity contribution in [3.8, 4) is 28.4 Å². The summed E-state index contributed by atoms with van der Waals surface area (Å²) in [7, 11) is 0. The molecule has 0 aromatic heterocycles. The van der Waals surface area contributed by atoms with Gasteiger partial charge in [-0.3, -0.25) is 0 Å². The van der Waals surface area contributed by atoms with Crippen molar-refractivity contribution in [3.63, 3.8) is 0 Å². The zero-order valence-corrected chi connectivity index (χ0v) is 23.1. The van der Waals surface area contributed by atoms with E-state index in [0.717, 1.165) is 17.2 Å². The number of esters is 3. The van der Waals surface area contributed by atoms with E-state index in [2.05, 4.69) is 6.58 Å². The summed E-state index contributed by atoms with van der Waals surface area (Å²) >= 11 is 0. The molecule has 0 heterocycles. The van der Waals surface area contributed by atoms with Crippen molar-refractivity contribution in [2.24, 2.45) is 0 Å². The Morgan fingerprint density at radius 3 is 1.51 bits per heavy atom. The van der Waals surface area contributed by atoms with Gasteiger partial charge < -0.3 is 23.7 Å². The Morgan fingerprint density at radius 1 is 0.535 bits per heavy atom. The monoisotopic (exact) mass is 580 g/mol. The van der Waals surface area contributed by atoms with E-state index in [0.29, 0.717) is 24.2 Å². The molecule has 0 fully saturated rings. The third-order valence-corrected chi connectivity index (χ3v) is 5.93. The maximum Gasteiger partial charge on any atom is 0.513 e. The first-order valence-electron chi connectivity index (χ1n) is 13.3. The topological polar surface area (TPSA) is 114 Å². The molecule has 4 aromatic rings. The van der Waals surface area contributed by atoms with Gasteiger partial charge in [-0.05, 0) is 84.6 Å². The lowest BCUT2D eigenvalue weighted by Crippen LogP contribution is -2.12. The third kappa shape index (κ3) is 9.43. The molecule has 9 heteroatoms.